The Balaban J connectivity index is 1.53. The fourth-order valence-electron chi connectivity index (χ4n) is 2.86. The number of hydrogen-bond acceptors (Lipinski definition) is 3. The van der Waals surface area contributed by atoms with Crippen molar-refractivity contribution in [1.29, 1.82) is 0 Å². The number of nitrogens with one attached hydrogen (secondary N) is 3. The summed E-state index contributed by atoms with van der Waals surface area (Å²) in [6, 6.07) is 14.8. The summed E-state index contributed by atoms with van der Waals surface area (Å²) in [6.07, 6.45) is 0. The van der Waals surface area contributed by atoms with E-state index >= 15 is 0 Å². The van der Waals surface area contributed by atoms with Gasteiger partial charge in [-0.3, -0.25) is 0 Å². The number of rotatable bonds is 6. The zero-order valence-electron chi connectivity index (χ0n) is 13.7. The first-order valence-electron chi connectivity index (χ1n) is 8.37. The lowest BCUT2D eigenvalue weighted by atomic mass is 10.1. The minimum absolute atomic E-state index is 0.0990. The van der Waals surface area contributed by atoms with E-state index in [-0.39, 0.29) is 6.04 Å². The molecule has 0 spiro atoms. The summed E-state index contributed by atoms with van der Waals surface area (Å²) < 4.78 is 5.39. The molecule has 0 aliphatic carbocycles. The maximum atomic E-state index is 5.52. The highest BCUT2D eigenvalue weighted by Crippen LogP contribution is 2.25. The van der Waals surface area contributed by atoms with Crippen molar-refractivity contribution in [3.63, 3.8) is 0 Å². The van der Waals surface area contributed by atoms with Crippen LogP contribution < -0.4 is 15.5 Å². The van der Waals surface area contributed by atoms with E-state index in [0.29, 0.717) is 5.11 Å². The van der Waals surface area contributed by atoms with Gasteiger partial charge in [-0.1, -0.05) is 36.4 Å². The van der Waals surface area contributed by atoms with Crippen molar-refractivity contribution in [3.8, 4) is 0 Å². The number of thiocarbonyl (C=S) groups is 1. The van der Waals surface area contributed by atoms with E-state index in [1.807, 2.05) is 6.07 Å². The van der Waals surface area contributed by atoms with Crippen LogP contribution in [0.2, 0.25) is 0 Å². The molecule has 1 aliphatic heterocycles. The molecule has 1 atom stereocenters. The van der Waals surface area contributed by atoms with Gasteiger partial charge in [-0.2, -0.15) is 0 Å². The number of hydrogen-bond donors (Lipinski definition) is 3. The summed E-state index contributed by atoms with van der Waals surface area (Å²) in [5.41, 5.74) is 1.22. The van der Waals surface area contributed by atoms with Crippen LogP contribution in [0.25, 0.3) is 0 Å². The Morgan fingerprint density at radius 3 is 2.67 bits per heavy atom. The average molecular weight is 363 g/mol. The van der Waals surface area contributed by atoms with Gasteiger partial charge >= 0.3 is 0 Å². The molecule has 0 bridgehead atoms. The van der Waals surface area contributed by atoms with E-state index < -0.39 is 0 Å². The van der Waals surface area contributed by atoms with Gasteiger partial charge in [-0.25, -0.2) is 0 Å². The SMILES string of the molecule is S=C(NCC[NH+]1CCOCC1)N[C@@H](c1ccccc1)c1cccs1. The second-order valence-electron chi connectivity index (χ2n) is 5.87. The molecule has 0 amide bonds. The van der Waals surface area contributed by atoms with E-state index in [1.165, 1.54) is 10.4 Å². The maximum Gasteiger partial charge on any atom is 0.167 e. The molecule has 3 rings (SSSR count). The quantitative estimate of drug-likeness (QED) is 0.676. The Morgan fingerprint density at radius 1 is 1.17 bits per heavy atom. The molecule has 4 nitrogen and oxygen atoms in total. The average Bonchev–Trinajstić information content (AvgIpc) is 3.16. The van der Waals surface area contributed by atoms with Crippen molar-refractivity contribution >= 4 is 28.7 Å². The molecule has 2 aromatic rings. The van der Waals surface area contributed by atoms with E-state index in [0.717, 1.165) is 39.4 Å². The van der Waals surface area contributed by atoms with E-state index in [4.69, 9.17) is 17.0 Å². The van der Waals surface area contributed by atoms with Crippen LogP contribution in [0.15, 0.2) is 47.8 Å². The molecule has 1 aliphatic rings. The van der Waals surface area contributed by atoms with Gasteiger partial charge in [0.25, 0.3) is 0 Å². The van der Waals surface area contributed by atoms with Crippen LogP contribution in [0.4, 0.5) is 0 Å². The molecule has 128 valence electrons. The molecular formula is C18H24N3OS2+. The summed E-state index contributed by atoms with van der Waals surface area (Å²) in [5.74, 6) is 0. The normalized spacial score (nSPS) is 16.5. The van der Waals surface area contributed by atoms with Gasteiger partial charge in [0, 0.05) is 4.88 Å². The monoisotopic (exact) mass is 362 g/mol. The first kappa shape index (κ1) is 17.4. The fraction of sp³-hybridized carbons (Fsp3) is 0.389. The zero-order chi connectivity index (χ0) is 16.6. The third kappa shape index (κ3) is 5.01. The Bertz CT molecular complexity index is 612. The molecule has 24 heavy (non-hydrogen) atoms. The van der Waals surface area contributed by atoms with Gasteiger partial charge in [0.15, 0.2) is 5.11 Å². The lowest BCUT2D eigenvalue weighted by molar-refractivity contribution is -0.906. The van der Waals surface area contributed by atoms with Crippen LogP contribution in [-0.2, 0) is 4.74 Å². The molecule has 0 saturated carbocycles. The Kier molecular flexibility index (Phi) is 6.60. The maximum absolute atomic E-state index is 5.52. The summed E-state index contributed by atoms with van der Waals surface area (Å²) in [6.45, 7) is 5.86. The third-order valence-corrected chi connectivity index (χ3v) is 5.40. The first-order valence-corrected chi connectivity index (χ1v) is 9.66. The molecular weight excluding hydrogens is 338 g/mol. The van der Waals surface area contributed by atoms with Crippen molar-refractivity contribution < 1.29 is 9.64 Å². The molecule has 2 heterocycles. The van der Waals surface area contributed by atoms with Gasteiger partial charge in [0.2, 0.25) is 0 Å². The summed E-state index contributed by atoms with van der Waals surface area (Å²) >= 11 is 7.27. The molecule has 1 fully saturated rings. The van der Waals surface area contributed by atoms with Crippen LogP contribution >= 0.6 is 23.6 Å². The second kappa shape index (κ2) is 9.13. The number of morpholine rings is 1. The lowest BCUT2D eigenvalue weighted by Gasteiger charge is -2.25. The van der Waals surface area contributed by atoms with Gasteiger partial charge in [-0.15, -0.1) is 11.3 Å². The fourth-order valence-corrected chi connectivity index (χ4v) is 3.89. The Hall–Kier alpha value is -1.47. The number of thiophene rings is 1. The smallest absolute Gasteiger partial charge is 0.167 e. The summed E-state index contributed by atoms with van der Waals surface area (Å²) in [7, 11) is 0. The number of benzene rings is 1. The molecule has 0 radical (unpaired) electrons. The Labute approximate surface area is 152 Å². The zero-order valence-corrected chi connectivity index (χ0v) is 15.3. The van der Waals surface area contributed by atoms with Crippen LogP contribution in [0.5, 0.6) is 0 Å². The van der Waals surface area contributed by atoms with Crippen LogP contribution in [0.1, 0.15) is 16.5 Å². The van der Waals surface area contributed by atoms with Crippen LogP contribution in [-0.4, -0.2) is 44.5 Å². The highest BCUT2D eigenvalue weighted by atomic mass is 32.1. The molecule has 1 aromatic heterocycles. The molecule has 6 heteroatoms. The van der Waals surface area contributed by atoms with Crippen molar-refractivity contribution in [2.45, 2.75) is 6.04 Å². The predicted molar refractivity (Wildman–Crippen MR) is 103 cm³/mol. The van der Waals surface area contributed by atoms with Gasteiger partial charge < -0.3 is 20.3 Å². The highest BCUT2D eigenvalue weighted by molar-refractivity contribution is 7.80. The van der Waals surface area contributed by atoms with E-state index in [1.54, 1.807) is 16.2 Å². The van der Waals surface area contributed by atoms with Gasteiger partial charge in [0.1, 0.15) is 13.1 Å². The van der Waals surface area contributed by atoms with Crippen LogP contribution in [0, 0.1) is 0 Å². The van der Waals surface area contributed by atoms with E-state index in [9.17, 15) is 0 Å². The topological polar surface area (TPSA) is 37.7 Å². The highest BCUT2D eigenvalue weighted by Gasteiger charge is 2.17. The van der Waals surface area contributed by atoms with Crippen molar-refractivity contribution in [3.05, 3.63) is 58.3 Å². The Morgan fingerprint density at radius 2 is 1.96 bits per heavy atom. The number of ether oxygens (including phenoxy) is 1. The van der Waals surface area contributed by atoms with Crippen molar-refractivity contribution in [2.75, 3.05) is 39.4 Å². The largest absolute Gasteiger partial charge is 0.370 e. The van der Waals surface area contributed by atoms with Gasteiger partial charge in [0.05, 0.1) is 32.3 Å². The second-order valence-corrected chi connectivity index (χ2v) is 7.26. The summed E-state index contributed by atoms with van der Waals surface area (Å²) in [4.78, 5) is 2.85. The van der Waals surface area contributed by atoms with E-state index in [2.05, 4.69) is 52.4 Å². The number of quaternary nitrogens is 1. The van der Waals surface area contributed by atoms with Crippen molar-refractivity contribution in [2.24, 2.45) is 0 Å². The lowest BCUT2D eigenvalue weighted by Crippen LogP contribution is -3.14. The molecule has 1 saturated heterocycles. The standard InChI is InChI=1S/C18H23N3OS2/c23-18(19-8-9-21-10-12-22-13-11-21)20-17(16-7-4-14-24-16)15-5-2-1-3-6-15/h1-7,14,17H,8-13H2,(H2,19,20,23)/p+1/t17-/m0/s1. The minimum atomic E-state index is 0.0990. The molecule has 1 aromatic carbocycles. The van der Waals surface area contributed by atoms with Gasteiger partial charge in [-0.05, 0) is 29.2 Å². The third-order valence-electron chi connectivity index (χ3n) is 4.20. The first-order chi connectivity index (χ1) is 11.8. The molecule has 0 unspecified atom stereocenters. The predicted octanol–water partition coefficient (Wildman–Crippen LogP) is 1.22. The summed E-state index contributed by atoms with van der Waals surface area (Å²) in [5, 5.41) is 9.64. The van der Waals surface area contributed by atoms with Crippen LogP contribution in [0.3, 0.4) is 0 Å². The minimum Gasteiger partial charge on any atom is -0.370 e. The van der Waals surface area contributed by atoms with Crippen molar-refractivity contribution in [1.82, 2.24) is 10.6 Å². The molecule has 3 N–H and O–H groups in total.